The van der Waals surface area contributed by atoms with Gasteiger partial charge in [-0.25, -0.2) is 0 Å². The van der Waals surface area contributed by atoms with Crippen LogP contribution in [0.1, 0.15) is 20.3 Å². The second-order valence-corrected chi connectivity index (χ2v) is 6.31. The van der Waals surface area contributed by atoms with Crippen molar-refractivity contribution < 1.29 is 43.9 Å². The van der Waals surface area contributed by atoms with Crippen LogP contribution in [0, 0.1) is 0 Å². The number of hydrogen-bond donors (Lipinski definition) is 0. The quantitative estimate of drug-likeness (QED) is 0.488. The molecule has 1 saturated heterocycles. The normalized spacial score (nSPS) is 35.9. The Morgan fingerprint density at radius 1 is 1.31 bits per heavy atom. The molecule has 0 N–H and O–H groups in total. The molecule has 0 amide bonds. The maximum atomic E-state index is 12.8. The van der Waals surface area contributed by atoms with Crippen LogP contribution in [0.2, 0.25) is 0 Å². The average molecular weight is 353 g/mol. The molecule has 0 aromatic rings. The fourth-order valence-corrected chi connectivity index (χ4v) is 4.54. The molecular weight excluding hydrogens is 336 g/mol. The number of rotatable bonds is 4. The summed E-state index contributed by atoms with van der Waals surface area (Å²) >= 11 is -0.558. The molecule has 0 radical (unpaired) electrons. The summed E-state index contributed by atoms with van der Waals surface area (Å²) in [6.07, 6.45) is -6.10. The fraction of sp³-hybridized carbons (Fsp3) is 1.00. The molecule has 2 nitrogen and oxygen atoms in total. The Kier molecular flexibility index (Phi) is 5.31. The summed E-state index contributed by atoms with van der Waals surface area (Å²) in [5, 5.41) is 0. The number of alkyl halides is 5. The van der Waals surface area contributed by atoms with Gasteiger partial charge in [-0.2, -0.15) is 0 Å². The van der Waals surface area contributed by atoms with Crippen LogP contribution in [0.4, 0.5) is 13.2 Å². The van der Waals surface area contributed by atoms with Crippen LogP contribution >= 0.6 is 0 Å². The zero-order chi connectivity index (χ0) is 12.3. The van der Waals surface area contributed by atoms with Crippen molar-refractivity contribution in [2.75, 3.05) is 11.5 Å². The monoisotopic (exact) mass is 353 g/mol. The first-order valence-electron chi connectivity index (χ1n) is 5.27. The SMILES string of the molecule is CCOC1C(CC)OC(C(F)(F)F)C1[I-]C. The molecule has 0 aromatic heterocycles. The summed E-state index contributed by atoms with van der Waals surface area (Å²) in [4.78, 5) is 1.86. The van der Waals surface area contributed by atoms with Gasteiger partial charge in [-0.05, 0) is 0 Å². The van der Waals surface area contributed by atoms with Crippen molar-refractivity contribution >= 4 is 0 Å². The van der Waals surface area contributed by atoms with Crippen molar-refractivity contribution in [3.63, 3.8) is 0 Å². The minimum atomic E-state index is -4.26. The molecule has 0 spiro atoms. The Bertz CT molecular complexity index is 223. The van der Waals surface area contributed by atoms with Crippen LogP contribution in [-0.4, -0.2) is 40.0 Å². The first kappa shape index (κ1) is 14.5. The van der Waals surface area contributed by atoms with Gasteiger partial charge in [0, 0.05) is 0 Å². The minimum absolute atomic E-state index is 0.376. The summed E-state index contributed by atoms with van der Waals surface area (Å²) in [5.41, 5.74) is 0. The fourth-order valence-electron chi connectivity index (χ4n) is 1.93. The third-order valence-corrected chi connectivity index (χ3v) is 5.43. The summed E-state index contributed by atoms with van der Waals surface area (Å²) < 4.78 is 48.4. The van der Waals surface area contributed by atoms with Crippen molar-refractivity contribution in [2.45, 2.75) is 48.7 Å². The number of hydrogen-bond acceptors (Lipinski definition) is 2. The van der Waals surface area contributed by atoms with Crippen molar-refractivity contribution in [3.05, 3.63) is 0 Å². The molecule has 16 heavy (non-hydrogen) atoms. The second-order valence-electron chi connectivity index (χ2n) is 3.63. The molecule has 0 bridgehead atoms. The van der Waals surface area contributed by atoms with Crippen LogP contribution in [0.15, 0.2) is 0 Å². The predicted molar refractivity (Wildman–Crippen MR) is 50.1 cm³/mol. The van der Waals surface area contributed by atoms with Gasteiger partial charge >= 0.3 is 104 Å². The predicted octanol–water partition coefficient (Wildman–Crippen LogP) is -0.781. The van der Waals surface area contributed by atoms with Gasteiger partial charge in [0.15, 0.2) is 0 Å². The second kappa shape index (κ2) is 5.86. The number of halogens is 4. The summed E-state index contributed by atoms with van der Waals surface area (Å²) in [6, 6.07) is 0. The molecule has 1 aliphatic rings. The maximum absolute atomic E-state index is 12.8. The molecule has 0 aromatic carbocycles. The van der Waals surface area contributed by atoms with E-state index in [1.807, 2.05) is 11.9 Å². The van der Waals surface area contributed by atoms with Gasteiger partial charge in [-0.15, -0.1) is 0 Å². The molecule has 98 valence electrons. The van der Waals surface area contributed by atoms with E-state index in [1.165, 1.54) is 0 Å². The molecule has 1 aliphatic heterocycles. The van der Waals surface area contributed by atoms with Crippen molar-refractivity contribution in [1.82, 2.24) is 0 Å². The Hall–Kier alpha value is 0.440. The van der Waals surface area contributed by atoms with Crippen LogP contribution in [0.5, 0.6) is 0 Å². The van der Waals surface area contributed by atoms with Crippen molar-refractivity contribution in [3.8, 4) is 0 Å². The Labute approximate surface area is 104 Å². The zero-order valence-corrected chi connectivity index (χ0v) is 11.7. The van der Waals surface area contributed by atoms with E-state index in [9.17, 15) is 13.2 Å². The molecule has 1 heterocycles. The molecule has 6 heteroatoms. The van der Waals surface area contributed by atoms with E-state index in [1.54, 1.807) is 6.92 Å². The van der Waals surface area contributed by atoms with Gasteiger partial charge in [0.2, 0.25) is 0 Å². The number of ether oxygens (including phenoxy) is 2. The van der Waals surface area contributed by atoms with E-state index < -0.39 is 43.5 Å². The Morgan fingerprint density at radius 2 is 1.94 bits per heavy atom. The van der Waals surface area contributed by atoms with Crippen LogP contribution in [0.25, 0.3) is 0 Å². The third kappa shape index (κ3) is 3.01. The Morgan fingerprint density at radius 3 is 2.31 bits per heavy atom. The van der Waals surface area contributed by atoms with Gasteiger partial charge in [0.25, 0.3) is 0 Å². The van der Waals surface area contributed by atoms with E-state index in [2.05, 4.69) is 0 Å². The molecule has 1 rings (SSSR count). The van der Waals surface area contributed by atoms with E-state index in [0.29, 0.717) is 13.0 Å². The molecule has 0 aliphatic carbocycles. The standard InChI is InChI=1S/C10H17F3IO2/c1-4-6-8(15-5-2)7(14-3)9(16-6)10(11,12)13/h6-9H,4-5H2,1-3H3/q-1. The van der Waals surface area contributed by atoms with Gasteiger partial charge in [0.1, 0.15) is 0 Å². The van der Waals surface area contributed by atoms with Gasteiger partial charge in [0.05, 0.1) is 0 Å². The van der Waals surface area contributed by atoms with Crippen LogP contribution < -0.4 is 21.2 Å². The molecular formula is C10H17F3IO2-. The average Bonchev–Trinajstić information content (AvgIpc) is 2.56. The summed E-state index contributed by atoms with van der Waals surface area (Å²) in [5.74, 6) is 0. The topological polar surface area (TPSA) is 18.5 Å². The van der Waals surface area contributed by atoms with Crippen LogP contribution in [-0.2, 0) is 9.47 Å². The van der Waals surface area contributed by atoms with Gasteiger partial charge < -0.3 is 0 Å². The van der Waals surface area contributed by atoms with E-state index in [4.69, 9.17) is 9.47 Å². The first-order valence-corrected chi connectivity index (χ1v) is 8.67. The summed E-state index contributed by atoms with van der Waals surface area (Å²) in [7, 11) is 0. The molecule has 0 saturated carbocycles. The molecule has 4 atom stereocenters. The van der Waals surface area contributed by atoms with Gasteiger partial charge in [-0.1, -0.05) is 0 Å². The van der Waals surface area contributed by atoms with Crippen molar-refractivity contribution in [1.29, 1.82) is 0 Å². The van der Waals surface area contributed by atoms with Crippen LogP contribution in [0.3, 0.4) is 0 Å². The van der Waals surface area contributed by atoms with Crippen molar-refractivity contribution in [2.24, 2.45) is 0 Å². The summed E-state index contributed by atoms with van der Waals surface area (Å²) in [6.45, 7) is 4.08. The Balaban J connectivity index is 2.83. The molecule has 4 unspecified atom stereocenters. The van der Waals surface area contributed by atoms with E-state index in [-0.39, 0.29) is 6.10 Å². The van der Waals surface area contributed by atoms with E-state index >= 15 is 0 Å². The zero-order valence-electron chi connectivity index (χ0n) is 9.55. The van der Waals surface area contributed by atoms with Gasteiger partial charge in [-0.3, -0.25) is 0 Å². The third-order valence-electron chi connectivity index (χ3n) is 2.63. The molecule has 1 fully saturated rings. The van der Waals surface area contributed by atoms with E-state index in [0.717, 1.165) is 0 Å². The first-order chi connectivity index (χ1) is 7.45.